The molecule has 0 heterocycles. The van der Waals surface area contributed by atoms with Crippen molar-refractivity contribution < 1.29 is 42.6 Å². The van der Waals surface area contributed by atoms with Gasteiger partial charge in [-0.15, -0.1) is 0 Å². The van der Waals surface area contributed by atoms with Crippen molar-refractivity contribution in [1.29, 1.82) is 0 Å². The number of benzene rings is 9. The molecule has 0 atom stereocenters. The minimum Gasteiger partial charge on any atom is -0.421 e. The lowest BCUT2D eigenvalue weighted by Gasteiger charge is -2.34. The second-order valence-corrected chi connectivity index (χ2v) is 51.6. The first-order chi connectivity index (χ1) is 63.3. The fraction of sp³-hybridized carbons (Fsp3) is 0.581. The van der Waals surface area contributed by atoms with Crippen molar-refractivity contribution in [2.75, 3.05) is 0 Å². The van der Waals surface area contributed by atoms with Gasteiger partial charge < -0.3 is 42.6 Å². The second kappa shape index (κ2) is 46.9. The monoisotopic (exact) mass is 1890 g/mol. The van der Waals surface area contributed by atoms with Crippen LogP contribution in [0.1, 0.15) is 360 Å². The van der Waals surface area contributed by atoms with Crippen LogP contribution in [-0.2, 0) is 32.5 Å². The Morgan fingerprint density at radius 3 is 0.355 bits per heavy atom. The normalized spacial score (nSPS) is 22.1. The van der Waals surface area contributed by atoms with E-state index in [-0.39, 0.29) is 48.7 Å². The van der Waals surface area contributed by atoms with E-state index < -0.39 is 17.9 Å². The van der Waals surface area contributed by atoms with Crippen LogP contribution in [0.25, 0.3) is 0 Å². The van der Waals surface area contributed by atoms with Crippen LogP contribution in [0.2, 0.25) is 0 Å². The zero-order chi connectivity index (χ0) is 104. The van der Waals surface area contributed by atoms with Gasteiger partial charge in [0.2, 0.25) is 0 Å². The molecule has 0 aromatic heterocycles. The van der Waals surface area contributed by atoms with E-state index in [1.807, 2.05) is 173 Å². The quantitative estimate of drug-likeness (QED) is 0.0549. The summed E-state index contributed by atoms with van der Waals surface area (Å²) in [6, 6.07) is 72.9. The first-order valence-electron chi connectivity index (χ1n) is 52.3. The molecule has 0 aliphatic heterocycles. The highest BCUT2D eigenvalue weighted by Gasteiger charge is 2.43. The molecule has 0 saturated heterocycles. The Bertz CT molecular complexity index is 4450. The molecule has 12 rings (SSSR count). The summed E-state index contributed by atoms with van der Waals surface area (Å²) < 4.78 is 56.9. The van der Waals surface area contributed by atoms with E-state index in [1.54, 1.807) is 13.8 Å². The van der Waals surface area contributed by atoms with Gasteiger partial charge in [-0.1, -0.05) is 396 Å². The van der Waals surface area contributed by atoms with Crippen LogP contribution in [0, 0.1) is 126 Å². The number of rotatable bonds is 24. The third-order valence-electron chi connectivity index (χ3n) is 31.2. The Morgan fingerprint density at radius 1 is 0.152 bits per heavy atom. The van der Waals surface area contributed by atoms with Gasteiger partial charge in [0.15, 0.2) is 0 Å². The van der Waals surface area contributed by atoms with Gasteiger partial charge >= 0.3 is 17.9 Å². The molecule has 9 aromatic carbocycles. The maximum Gasteiger partial charge on any atom is 0.414 e. The Balaban J connectivity index is 0.000000249. The van der Waals surface area contributed by atoms with Crippen molar-refractivity contribution in [3.8, 4) is 51.7 Å². The average Bonchev–Trinajstić information content (AvgIpc) is 1.52. The molecule has 9 heteroatoms. The van der Waals surface area contributed by atoms with Crippen LogP contribution in [0.5, 0.6) is 51.7 Å². The number of hydrogen-bond donors (Lipinski definition) is 0. The van der Waals surface area contributed by atoms with Crippen molar-refractivity contribution >= 4 is 0 Å². The van der Waals surface area contributed by atoms with E-state index in [1.165, 1.54) is 33.4 Å². The summed E-state index contributed by atoms with van der Waals surface area (Å²) in [6.45, 7) is 102. The molecule has 762 valence electrons. The SMILES string of the molecule is CC(C)(C)CC(C)(C)c1ccc(OC(C)(Oc2ccc(C(C)(C)CC(C)(C)C)cc2)Oc2ccc(C(C)(C)CC(C)(C)C)cc2)cc1.CC(Oc1ccc(C(C)(C)C)cc1)(Oc1ccc(C(C)(C)C)cc1)Oc1ccc(C(C)(C)C)cc1.CC1C(C)C(C)C(C)C1C.CC1C(C)C(C)C(C)C1C.CC1C(C)C(C)C(C)C1C.Cc1ccc(OC(C)(Oc2ccc(C)cc2)Oc2ccc(C)cc2)cc1. The van der Waals surface area contributed by atoms with Gasteiger partial charge in [0.25, 0.3) is 0 Å². The molecule has 3 aliphatic rings. The van der Waals surface area contributed by atoms with E-state index >= 15 is 0 Å². The fourth-order valence-electron chi connectivity index (χ4n) is 21.4. The molecular formula is C129H192O9. The number of aryl methyl sites for hydroxylation is 3. The van der Waals surface area contributed by atoms with Gasteiger partial charge in [-0.25, -0.2) is 0 Å². The lowest BCUT2D eigenvalue weighted by molar-refractivity contribution is -0.239. The highest BCUT2D eigenvalue weighted by Crippen LogP contribution is 2.49. The summed E-state index contributed by atoms with van der Waals surface area (Å²) in [5.74, 6) is 16.1. The summed E-state index contributed by atoms with van der Waals surface area (Å²) in [6.07, 6.45) is 3.24. The third kappa shape index (κ3) is 35.1. The molecule has 0 spiro atoms. The maximum atomic E-state index is 6.56. The standard InChI is InChI=1S/C44H66O3.C32H42O3.C23H24O3.3C10H20/c1-38(2,3)29-41(10,11)32-17-23-35(24-18-32)45-44(16,46-36-25-19-33(20-26-36)42(12,13)30-39(4,5)6)47-37-27-21-34(22-28-37)43(14,15)31-40(7,8)9;1-29(2,3)23-11-17-26(18-12-23)33-32(10,34-27-19-13-24(14-20-27)30(4,5)6)35-28-21-15-25(16-22-28)31(7,8)9;1-17-5-11-20(12-6-17)24-23(4,25-21-13-7-18(2)8-14-21)26-22-15-9-19(3)10-16-22;3*1-6-7(2)9(4)10(5)8(6)3/h17-28H,29-31H2,1-16H3;11-22H,1-10H3;5-16H,1-4H3;3*6-10H,1-5H3. The van der Waals surface area contributed by atoms with E-state index in [0.29, 0.717) is 51.7 Å². The van der Waals surface area contributed by atoms with E-state index in [9.17, 15) is 0 Å². The first kappa shape index (κ1) is 116. The summed E-state index contributed by atoms with van der Waals surface area (Å²) in [5.41, 5.74) is 12.1. The van der Waals surface area contributed by atoms with Crippen LogP contribution in [0.15, 0.2) is 218 Å². The van der Waals surface area contributed by atoms with Crippen LogP contribution < -0.4 is 42.6 Å². The average molecular weight is 1890 g/mol. The Kier molecular flexibility index (Phi) is 39.5. The maximum absolute atomic E-state index is 6.56. The molecule has 138 heavy (non-hydrogen) atoms. The smallest absolute Gasteiger partial charge is 0.414 e. The molecular weight excluding hydrogens is 1690 g/mol. The summed E-state index contributed by atoms with van der Waals surface area (Å²) in [4.78, 5) is 0. The molecule has 9 aromatic rings. The molecule has 3 saturated carbocycles. The zero-order valence-corrected chi connectivity index (χ0v) is 95.2. The third-order valence-corrected chi connectivity index (χ3v) is 31.2. The summed E-state index contributed by atoms with van der Waals surface area (Å²) in [7, 11) is 0. The van der Waals surface area contributed by atoms with Crippen molar-refractivity contribution in [3.63, 3.8) is 0 Å². The van der Waals surface area contributed by atoms with E-state index in [4.69, 9.17) is 42.6 Å². The molecule has 0 unspecified atom stereocenters. The van der Waals surface area contributed by atoms with Gasteiger partial charge in [-0.3, -0.25) is 0 Å². The molecule has 3 aliphatic carbocycles. The second-order valence-electron chi connectivity index (χ2n) is 51.6. The lowest BCUT2D eigenvalue weighted by atomic mass is 9.72. The Morgan fingerprint density at radius 2 is 0.254 bits per heavy atom. The number of ether oxygens (including phenoxy) is 9. The van der Waals surface area contributed by atoms with E-state index in [2.05, 4.69) is 343 Å². The molecule has 0 bridgehead atoms. The summed E-state index contributed by atoms with van der Waals surface area (Å²) in [5, 5.41) is 0. The zero-order valence-electron chi connectivity index (χ0n) is 95.2. The van der Waals surface area contributed by atoms with Crippen molar-refractivity contribution in [1.82, 2.24) is 0 Å². The molecule has 0 radical (unpaired) electrons. The Labute approximate surface area is 843 Å². The van der Waals surface area contributed by atoms with Gasteiger partial charge in [0.1, 0.15) is 51.7 Å². The van der Waals surface area contributed by atoms with Crippen molar-refractivity contribution in [2.24, 2.45) is 105 Å². The fourth-order valence-corrected chi connectivity index (χ4v) is 21.4. The van der Waals surface area contributed by atoms with Crippen molar-refractivity contribution in [2.45, 2.75) is 381 Å². The molecule has 0 amide bonds. The van der Waals surface area contributed by atoms with Gasteiger partial charge in [-0.2, -0.15) is 0 Å². The first-order valence-corrected chi connectivity index (χ1v) is 52.3. The largest absolute Gasteiger partial charge is 0.421 e. The number of hydrogen-bond acceptors (Lipinski definition) is 9. The van der Waals surface area contributed by atoms with Crippen LogP contribution >= 0.6 is 0 Å². The van der Waals surface area contributed by atoms with Gasteiger partial charge in [-0.05, 0) is 320 Å². The predicted octanol–water partition coefficient (Wildman–Crippen LogP) is 37.2. The van der Waals surface area contributed by atoms with Crippen molar-refractivity contribution in [3.05, 3.63) is 268 Å². The highest BCUT2D eigenvalue weighted by atomic mass is 16.9. The van der Waals surface area contributed by atoms with E-state index in [0.717, 1.165) is 125 Å². The van der Waals surface area contributed by atoms with Crippen LogP contribution in [0.3, 0.4) is 0 Å². The topological polar surface area (TPSA) is 83.1 Å². The minimum absolute atomic E-state index is 0.0398. The van der Waals surface area contributed by atoms with Gasteiger partial charge in [0, 0.05) is 0 Å². The van der Waals surface area contributed by atoms with Crippen LogP contribution in [0.4, 0.5) is 0 Å². The molecule has 3 fully saturated rings. The molecule has 9 nitrogen and oxygen atoms in total. The lowest BCUT2D eigenvalue weighted by Crippen LogP contribution is -2.45. The minimum atomic E-state index is -1.41. The summed E-state index contributed by atoms with van der Waals surface area (Å²) >= 11 is 0. The predicted molar refractivity (Wildman–Crippen MR) is 588 cm³/mol. The highest BCUT2D eigenvalue weighted by molar-refractivity contribution is 5.40. The molecule has 0 N–H and O–H groups in total. The van der Waals surface area contributed by atoms with Crippen LogP contribution in [-0.4, -0.2) is 17.9 Å². The van der Waals surface area contributed by atoms with Gasteiger partial charge in [0.05, 0.1) is 20.8 Å². The Hall–Kier alpha value is -8.82.